The summed E-state index contributed by atoms with van der Waals surface area (Å²) in [5.41, 5.74) is 2.73. The minimum atomic E-state index is -3.52. The molecular formula is C31H33F2N3O7S. The molecule has 10 nitrogen and oxygen atoms in total. The highest BCUT2D eigenvalue weighted by molar-refractivity contribution is 7.91. The maximum Gasteiger partial charge on any atom is 0.303 e. The number of esters is 2. The molecule has 1 aliphatic carbocycles. The second kappa shape index (κ2) is 12.0. The smallest absolute Gasteiger partial charge is 0.303 e. The van der Waals surface area contributed by atoms with E-state index < -0.39 is 45.6 Å². The van der Waals surface area contributed by atoms with E-state index in [1.807, 2.05) is 0 Å². The van der Waals surface area contributed by atoms with Gasteiger partial charge in [0.05, 0.1) is 28.7 Å². The van der Waals surface area contributed by atoms with Crippen molar-refractivity contribution < 1.29 is 36.3 Å². The zero-order valence-corrected chi connectivity index (χ0v) is 25.5. The van der Waals surface area contributed by atoms with Crippen LogP contribution >= 0.6 is 0 Å². The van der Waals surface area contributed by atoms with Crippen molar-refractivity contribution in [1.82, 2.24) is 9.88 Å². The Labute approximate surface area is 253 Å². The van der Waals surface area contributed by atoms with Crippen molar-refractivity contribution in [2.75, 3.05) is 30.1 Å². The molecule has 1 N–H and O–H groups in total. The number of aromatic nitrogens is 1. The third-order valence-electron chi connectivity index (χ3n) is 7.91. The van der Waals surface area contributed by atoms with Gasteiger partial charge < -0.3 is 24.3 Å². The molecule has 13 heteroatoms. The first-order chi connectivity index (χ1) is 20.7. The number of nitrogens with one attached hydrogen (secondary N) is 1. The number of carbonyl (C=O) groups is 2. The number of rotatable bonds is 9. The van der Waals surface area contributed by atoms with Crippen LogP contribution in [0.25, 0.3) is 11.3 Å². The lowest BCUT2D eigenvalue weighted by Gasteiger charge is -2.39. The molecule has 3 aliphatic rings. The maximum absolute atomic E-state index is 15.3. The van der Waals surface area contributed by atoms with Crippen LogP contribution in [0.5, 0.6) is 0 Å². The number of carbonyl (C=O) groups excluding carboxylic acids is 2. The number of sulfone groups is 1. The van der Waals surface area contributed by atoms with Crippen molar-refractivity contribution in [1.29, 1.82) is 0 Å². The number of nitrogens with zero attached hydrogens (tertiary/aromatic N) is 2. The van der Waals surface area contributed by atoms with E-state index in [2.05, 4.69) is 5.32 Å². The lowest BCUT2D eigenvalue weighted by atomic mass is 9.82. The number of benzene rings is 1. The molecule has 0 fully saturated rings. The van der Waals surface area contributed by atoms with E-state index in [0.717, 1.165) is 18.4 Å². The Morgan fingerprint density at radius 2 is 1.91 bits per heavy atom. The van der Waals surface area contributed by atoms with Gasteiger partial charge >= 0.3 is 11.9 Å². The minimum Gasteiger partial charge on any atom is -0.462 e. The van der Waals surface area contributed by atoms with Crippen LogP contribution in [0.3, 0.4) is 0 Å². The summed E-state index contributed by atoms with van der Waals surface area (Å²) in [7, 11) is -1.92. The third kappa shape index (κ3) is 6.33. The van der Waals surface area contributed by atoms with Gasteiger partial charge in [-0.3, -0.25) is 14.4 Å². The normalized spacial score (nSPS) is 19.6. The Balaban J connectivity index is 1.65. The van der Waals surface area contributed by atoms with Crippen LogP contribution in [-0.4, -0.2) is 62.2 Å². The molecule has 0 saturated heterocycles. The van der Waals surface area contributed by atoms with Crippen molar-refractivity contribution in [3.8, 4) is 0 Å². The molecule has 44 heavy (non-hydrogen) atoms. The summed E-state index contributed by atoms with van der Waals surface area (Å²) in [5, 5.41) is 3.40. The number of hydrogen-bond donors (Lipinski definition) is 1. The van der Waals surface area contributed by atoms with Crippen molar-refractivity contribution >= 4 is 38.7 Å². The molecule has 2 aromatic rings. The van der Waals surface area contributed by atoms with E-state index in [0.29, 0.717) is 52.9 Å². The first kappa shape index (κ1) is 31.2. The number of halogens is 2. The Morgan fingerprint density at radius 1 is 1.16 bits per heavy atom. The molecule has 3 heterocycles. The van der Waals surface area contributed by atoms with Crippen molar-refractivity contribution in [2.24, 2.45) is 13.0 Å². The molecule has 0 amide bonds. The monoisotopic (exact) mass is 629 g/mol. The molecular weight excluding hydrogens is 596 g/mol. The fourth-order valence-corrected chi connectivity index (χ4v) is 6.94. The van der Waals surface area contributed by atoms with Gasteiger partial charge in [0, 0.05) is 63.6 Å². The molecule has 3 unspecified atom stereocenters. The van der Waals surface area contributed by atoms with Gasteiger partial charge in [-0.25, -0.2) is 17.2 Å². The van der Waals surface area contributed by atoms with E-state index >= 15 is 4.39 Å². The van der Waals surface area contributed by atoms with Crippen LogP contribution < -0.4 is 15.8 Å². The van der Waals surface area contributed by atoms with Crippen molar-refractivity contribution in [2.45, 2.75) is 38.8 Å². The number of ether oxygens (including phenoxy) is 2. The zero-order chi connectivity index (χ0) is 31.9. The predicted molar refractivity (Wildman–Crippen MR) is 160 cm³/mol. The predicted octanol–water partition coefficient (Wildman–Crippen LogP) is 3.08. The Kier molecular flexibility index (Phi) is 8.52. The number of hydrogen-bond acceptors (Lipinski definition) is 9. The lowest BCUT2D eigenvalue weighted by molar-refractivity contribution is -0.156. The molecule has 3 atom stereocenters. The van der Waals surface area contributed by atoms with Crippen LogP contribution in [0.4, 0.5) is 14.5 Å². The summed E-state index contributed by atoms with van der Waals surface area (Å²) < 4.78 is 66.1. The van der Waals surface area contributed by atoms with E-state index in [9.17, 15) is 27.2 Å². The quantitative estimate of drug-likeness (QED) is 0.417. The highest BCUT2D eigenvalue weighted by Crippen LogP contribution is 2.47. The topological polar surface area (TPSA) is 124 Å². The van der Waals surface area contributed by atoms with E-state index in [1.165, 1.54) is 24.5 Å². The van der Waals surface area contributed by atoms with Gasteiger partial charge in [-0.2, -0.15) is 0 Å². The summed E-state index contributed by atoms with van der Waals surface area (Å²) in [5.74, 6) is -3.17. The highest BCUT2D eigenvalue weighted by atomic mass is 32.2. The van der Waals surface area contributed by atoms with Crippen molar-refractivity contribution in [3.05, 3.63) is 87.0 Å². The van der Waals surface area contributed by atoms with Gasteiger partial charge in [0.15, 0.2) is 9.84 Å². The highest BCUT2D eigenvalue weighted by Gasteiger charge is 2.44. The fraction of sp³-hybridized carbons (Fsp3) is 0.387. The summed E-state index contributed by atoms with van der Waals surface area (Å²) in [4.78, 5) is 38.5. The maximum atomic E-state index is 15.3. The van der Waals surface area contributed by atoms with Gasteiger partial charge in [0.2, 0.25) is 0 Å². The summed E-state index contributed by atoms with van der Waals surface area (Å²) in [6, 6.07) is 4.44. The Morgan fingerprint density at radius 3 is 2.57 bits per heavy atom. The number of fused-ring (bicyclic) bond motifs is 2. The van der Waals surface area contributed by atoms with Gasteiger partial charge in [0.1, 0.15) is 24.3 Å². The van der Waals surface area contributed by atoms with Gasteiger partial charge in [0.25, 0.3) is 5.56 Å². The van der Waals surface area contributed by atoms with Crippen LogP contribution in [-0.2, 0) is 35.9 Å². The Bertz CT molecular complexity index is 1800. The standard InChI is InChI=1S/C31H33F2N3O7S/c1-17(37)42-15-23(43-18(2)38)7-5-19-13-34-29-27-20(14-36(30(19)27)26-8-6-22(32)12-25(26)33)11-21(16-44(4,40)41)24-9-10-35(3)31(39)28(24)29/h6,8-12,14,19,23,30,34H,5,7,13,15-16H2,1-4H3. The molecule has 1 aromatic heterocycles. The van der Waals surface area contributed by atoms with Gasteiger partial charge in [-0.1, -0.05) is 0 Å². The molecule has 0 spiro atoms. The molecule has 0 saturated carbocycles. The van der Waals surface area contributed by atoms with Crippen LogP contribution in [0.2, 0.25) is 0 Å². The van der Waals surface area contributed by atoms with Gasteiger partial charge in [-0.15, -0.1) is 0 Å². The zero-order valence-electron chi connectivity index (χ0n) is 24.7. The SMILES string of the molecule is CC(=O)OCC(CCC1CNC2=C3C(=CN(c4ccc(F)cc4F)C31)C=C(CS(C)(=O)=O)c1ccn(C)c(=O)c12)OC(C)=O. The second-order valence-electron chi connectivity index (χ2n) is 11.3. The summed E-state index contributed by atoms with van der Waals surface area (Å²) in [6.07, 6.45) is 6.11. The molecule has 5 rings (SSSR count). The van der Waals surface area contributed by atoms with E-state index in [-0.39, 0.29) is 29.5 Å². The minimum absolute atomic E-state index is 0.103. The molecule has 234 valence electrons. The number of allylic oxidation sites excluding steroid dienone is 1. The van der Waals surface area contributed by atoms with Crippen LogP contribution in [0, 0.1) is 17.6 Å². The molecule has 0 radical (unpaired) electrons. The lowest BCUT2D eigenvalue weighted by Crippen LogP contribution is -2.46. The summed E-state index contributed by atoms with van der Waals surface area (Å²) >= 11 is 0. The average Bonchev–Trinajstić information content (AvgIpc) is 3.23. The number of pyridine rings is 1. The molecule has 1 aromatic carbocycles. The van der Waals surface area contributed by atoms with E-state index in [1.54, 1.807) is 36.5 Å². The van der Waals surface area contributed by atoms with Crippen LogP contribution in [0.15, 0.2) is 58.7 Å². The third-order valence-corrected chi connectivity index (χ3v) is 8.74. The largest absolute Gasteiger partial charge is 0.462 e. The van der Waals surface area contributed by atoms with Crippen molar-refractivity contribution in [3.63, 3.8) is 0 Å². The second-order valence-corrected chi connectivity index (χ2v) is 13.5. The van der Waals surface area contributed by atoms with Crippen LogP contribution in [0.1, 0.15) is 37.8 Å². The molecule has 2 aliphatic heterocycles. The Hall–Kier alpha value is -4.26. The van der Waals surface area contributed by atoms with Gasteiger partial charge in [-0.05, 0) is 53.8 Å². The first-order valence-electron chi connectivity index (χ1n) is 14.1. The number of anilines is 1. The number of aryl methyl sites for hydroxylation is 1. The first-order valence-corrected chi connectivity index (χ1v) is 16.1. The molecule has 0 bridgehead atoms. The van der Waals surface area contributed by atoms with E-state index in [4.69, 9.17) is 9.47 Å². The average molecular weight is 630 g/mol. The summed E-state index contributed by atoms with van der Waals surface area (Å²) in [6.45, 7) is 2.71. The fourth-order valence-electron chi connectivity index (χ4n) is 6.14.